The van der Waals surface area contributed by atoms with Gasteiger partial charge in [-0.05, 0) is 39.7 Å². The molecule has 3 nitrogen and oxygen atoms in total. The molecule has 0 aliphatic rings. The van der Waals surface area contributed by atoms with E-state index in [1.807, 2.05) is 18.2 Å². The molecule has 0 saturated heterocycles. The third-order valence-corrected chi connectivity index (χ3v) is 5.54. The number of benzene rings is 2. The van der Waals surface area contributed by atoms with Gasteiger partial charge in [-0.25, -0.2) is 0 Å². The molecule has 158 valence electrons. The van der Waals surface area contributed by atoms with Crippen molar-refractivity contribution >= 4 is 16.8 Å². The summed E-state index contributed by atoms with van der Waals surface area (Å²) in [6.07, 6.45) is 0.654. The van der Waals surface area contributed by atoms with Gasteiger partial charge in [-0.2, -0.15) is 0 Å². The second-order valence-electron chi connectivity index (χ2n) is 10.3. The summed E-state index contributed by atoms with van der Waals surface area (Å²) in [5.41, 5.74) is 5.72. The molecule has 0 fully saturated rings. The lowest BCUT2D eigenvalue weighted by molar-refractivity contribution is -0.119. The highest BCUT2D eigenvalue weighted by Gasteiger charge is 2.24. The van der Waals surface area contributed by atoms with Gasteiger partial charge >= 0.3 is 0 Å². The largest absolute Gasteiger partial charge is 0.349 e. The molecule has 3 heteroatoms. The number of fused-ring (bicyclic) bond motifs is 1. The SMILES string of the molecule is CC(=O)NC(Cc1ccc2ccccc2n1)c1cc(C(C)(C)C)cc(C(C)(C)C)c1. The van der Waals surface area contributed by atoms with Crippen LogP contribution in [0.3, 0.4) is 0 Å². The van der Waals surface area contributed by atoms with Crippen molar-refractivity contribution < 1.29 is 4.79 Å². The first-order valence-electron chi connectivity index (χ1n) is 10.7. The van der Waals surface area contributed by atoms with Crippen molar-refractivity contribution in [3.63, 3.8) is 0 Å². The lowest BCUT2D eigenvalue weighted by atomic mass is 9.78. The molecule has 0 aliphatic carbocycles. The van der Waals surface area contributed by atoms with Gasteiger partial charge in [-0.15, -0.1) is 0 Å². The maximum absolute atomic E-state index is 12.1. The van der Waals surface area contributed by atoms with Crippen molar-refractivity contribution in [3.05, 3.63) is 77.0 Å². The Hall–Kier alpha value is -2.68. The van der Waals surface area contributed by atoms with Crippen molar-refractivity contribution in [3.8, 4) is 0 Å². The van der Waals surface area contributed by atoms with E-state index in [1.54, 1.807) is 6.92 Å². The minimum atomic E-state index is -0.125. The average Bonchev–Trinajstić information content (AvgIpc) is 2.65. The fraction of sp³-hybridized carbons (Fsp3) is 0.407. The number of para-hydroxylation sites is 1. The molecule has 0 spiro atoms. The maximum atomic E-state index is 12.1. The fourth-order valence-electron chi connectivity index (χ4n) is 3.65. The number of aromatic nitrogens is 1. The normalized spacial score (nSPS) is 13.3. The van der Waals surface area contributed by atoms with Crippen LogP contribution in [-0.4, -0.2) is 10.9 Å². The molecule has 0 saturated carbocycles. The second kappa shape index (κ2) is 8.22. The summed E-state index contributed by atoms with van der Waals surface area (Å²) in [4.78, 5) is 16.9. The lowest BCUT2D eigenvalue weighted by Crippen LogP contribution is -2.29. The Morgan fingerprint density at radius 2 is 1.50 bits per heavy atom. The zero-order valence-corrected chi connectivity index (χ0v) is 19.3. The van der Waals surface area contributed by atoms with Crippen molar-refractivity contribution in [1.82, 2.24) is 10.3 Å². The predicted octanol–water partition coefficient (Wildman–Crippen LogP) is 6.25. The van der Waals surface area contributed by atoms with E-state index < -0.39 is 0 Å². The van der Waals surface area contributed by atoms with Gasteiger partial charge in [0.1, 0.15) is 0 Å². The minimum Gasteiger partial charge on any atom is -0.349 e. The number of hydrogen-bond acceptors (Lipinski definition) is 2. The van der Waals surface area contributed by atoms with Crippen LogP contribution in [0.2, 0.25) is 0 Å². The maximum Gasteiger partial charge on any atom is 0.217 e. The van der Waals surface area contributed by atoms with E-state index in [0.29, 0.717) is 6.42 Å². The molecule has 0 radical (unpaired) electrons. The van der Waals surface area contributed by atoms with Crippen molar-refractivity contribution in [2.24, 2.45) is 0 Å². The predicted molar refractivity (Wildman–Crippen MR) is 126 cm³/mol. The molecule has 3 rings (SSSR count). The van der Waals surface area contributed by atoms with E-state index in [-0.39, 0.29) is 22.8 Å². The highest BCUT2D eigenvalue weighted by molar-refractivity contribution is 5.78. The number of pyridine rings is 1. The van der Waals surface area contributed by atoms with Crippen LogP contribution in [0.5, 0.6) is 0 Å². The van der Waals surface area contributed by atoms with Gasteiger partial charge in [0.15, 0.2) is 0 Å². The molecule has 30 heavy (non-hydrogen) atoms. The summed E-state index contributed by atoms with van der Waals surface area (Å²) < 4.78 is 0. The van der Waals surface area contributed by atoms with Crippen molar-refractivity contribution in [1.29, 1.82) is 0 Å². The van der Waals surface area contributed by atoms with Crippen LogP contribution in [0.25, 0.3) is 10.9 Å². The Balaban J connectivity index is 2.06. The first-order chi connectivity index (χ1) is 13.9. The van der Waals surface area contributed by atoms with Crippen LogP contribution < -0.4 is 5.32 Å². The zero-order valence-electron chi connectivity index (χ0n) is 19.3. The quantitative estimate of drug-likeness (QED) is 0.560. The van der Waals surface area contributed by atoms with Gasteiger partial charge in [0.25, 0.3) is 0 Å². The molecule has 1 heterocycles. The molecular weight excluding hydrogens is 368 g/mol. The Labute approximate surface area is 180 Å². The van der Waals surface area contributed by atoms with E-state index in [9.17, 15) is 4.79 Å². The van der Waals surface area contributed by atoms with Gasteiger partial charge in [-0.3, -0.25) is 9.78 Å². The molecule has 1 atom stereocenters. The topological polar surface area (TPSA) is 42.0 Å². The van der Waals surface area contributed by atoms with E-state index >= 15 is 0 Å². The molecule has 1 amide bonds. The Morgan fingerprint density at radius 3 is 2.07 bits per heavy atom. The fourth-order valence-corrected chi connectivity index (χ4v) is 3.65. The molecule has 1 N–H and O–H groups in total. The summed E-state index contributed by atoms with van der Waals surface area (Å²) in [5, 5.41) is 4.30. The average molecular weight is 403 g/mol. The number of nitrogens with zero attached hydrogens (tertiary/aromatic N) is 1. The second-order valence-corrected chi connectivity index (χ2v) is 10.3. The molecule has 0 bridgehead atoms. The van der Waals surface area contributed by atoms with Gasteiger partial charge < -0.3 is 5.32 Å². The molecule has 1 aromatic heterocycles. The van der Waals surface area contributed by atoms with Crippen LogP contribution in [0.4, 0.5) is 0 Å². The third-order valence-electron chi connectivity index (χ3n) is 5.54. The monoisotopic (exact) mass is 402 g/mol. The number of amides is 1. The summed E-state index contributed by atoms with van der Waals surface area (Å²) >= 11 is 0. The van der Waals surface area contributed by atoms with Gasteiger partial charge in [0.05, 0.1) is 11.6 Å². The van der Waals surface area contributed by atoms with Gasteiger partial charge in [0.2, 0.25) is 5.91 Å². The Morgan fingerprint density at radius 1 is 0.900 bits per heavy atom. The minimum absolute atomic E-state index is 0.0258. The molecule has 1 unspecified atom stereocenters. The van der Waals surface area contributed by atoms with Crippen molar-refractivity contribution in [2.45, 2.75) is 71.8 Å². The van der Waals surface area contributed by atoms with E-state index in [0.717, 1.165) is 22.2 Å². The van der Waals surface area contributed by atoms with Gasteiger partial charge in [-0.1, -0.05) is 84.0 Å². The highest BCUT2D eigenvalue weighted by atomic mass is 16.1. The summed E-state index contributed by atoms with van der Waals surface area (Å²) in [7, 11) is 0. The number of nitrogens with one attached hydrogen (secondary N) is 1. The summed E-state index contributed by atoms with van der Waals surface area (Å²) in [6.45, 7) is 15.0. The van der Waals surface area contributed by atoms with E-state index in [2.05, 4.69) is 83.3 Å². The van der Waals surface area contributed by atoms with Crippen molar-refractivity contribution in [2.75, 3.05) is 0 Å². The number of rotatable bonds is 4. The van der Waals surface area contributed by atoms with E-state index in [1.165, 1.54) is 11.1 Å². The van der Waals surface area contributed by atoms with Gasteiger partial charge in [0, 0.05) is 24.4 Å². The molecule has 3 aromatic rings. The van der Waals surface area contributed by atoms with Crippen LogP contribution in [0.1, 0.15) is 76.9 Å². The van der Waals surface area contributed by atoms with Crippen LogP contribution in [0, 0.1) is 0 Å². The molecule has 0 aliphatic heterocycles. The smallest absolute Gasteiger partial charge is 0.217 e. The van der Waals surface area contributed by atoms with Crippen LogP contribution >= 0.6 is 0 Å². The standard InChI is InChI=1S/C27H34N2O/c1-18(30)28-25(17-23-13-12-19-10-8-9-11-24(19)29-23)20-14-21(26(2,3)4)16-22(15-20)27(5,6)7/h8-16,25H,17H2,1-7H3,(H,28,30). The molecule has 2 aromatic carbocycles. The summed E-state index contributed by atoms with van der Waals surface area (Å²) in [5.74, 6) is -0.0285. The zero-order chi connectivity index (χ0) is 22.1. The Kier molecular flexibility index (Phi) is 6.03. The summed E-state index contributed by atoms with van der Waals surface area (Å²) in [6, 6.07) is 19.0. The lowest BCUT2D eigenvalue weighted by Gasteiger charge is -2.28. The number of hydrogen-bond donors (Lipinski definition) is 1. The van der Waals surface area contributed by atoms with Crippen LogP contribution in [-0.2, 0) is 22.0 Å². The number of carbonyl (C=O) groups is 1. The third kappa shape index (κ3) is 5.27. The highest BCUT2D eigenvalue weighted by Crippen LogP contribution is 2.33. The first-order valence-corrected chi connectivity index (χ1v) is 10.7. The van der Waals surface area contributed by atoms with Crippen LogP contribution in [0.15, 0.2) is 54.6 Å². The molecular formula is C27H34N2O. The first kappa shape index (κ1) is 22.0. The number of carbonyl (C=O) groups excluding carboxylic acids is 1. The Bertz CT molecular complexity index is 1020. The van der Waals surface area contributed by atoms with E-state index in [4.69, 9.17) is 4.98 Å².